The largest absolute Gasteiger partial charge is 0.491 e. The van der Waals surface area contributed by atoms with E-state index in [1.165, 1.54) is 49.8 Å². The lowest BCUT2D eigenvalue weighted by Gasteiger charge is -2.17. The molecule has 3 N–H and O–H groups in total. The molecular weight excluding hydrogens is 825 g/mol. The first-order chi connectivity index (χ1) is 29.2. The van der Waals surface area contributed by atoms with Crippen molar-refractivity contribution in [3.8, 4) is 0 Å². The van der Waals surface area contributed by atoms with Crippen molar-refractivity contribution in [1.29, 1.82) is 0 Å². The molecule has 1 unspecified atom stereocenters. The van der Waals surface area contributed by atoms with Crippen LogP contribution in [0.3, 0.4) is 0 Å². The Morgan fingerprint density at radius 1 is 0.651 bits per heavy atom. The van der Waals surface area contributed by atoms with E-state index in [4.69, 9.17) is 46.7 Å². The zero-order valence-corrected chi connectivity index (χ0v) is 40.0. The molecule has 0 radical (unpaired) electrons. The monoisotopic (exact) mass is 890 g/mol. The molecule has 4 rings (SSSR count). The second kappa shape index (κ2) is 22.7. The molecule has 1 aliphatic heterocycles. The van der Waals surface area contributed by atoms with Crippen molar-refractivity contribution in [1.82, 2.24) is 15.5 Å². The Kier molecular flexibility index (Phi) is 19.3. The first kappa shape index (κ1) is 53.6. The number of amides is 3. The van der Waals surface area contributed by atoms with E-state index in [9.17, 15) is 19.5 Å². The van der Waals surface area contributed by atoms with Gasteiger partial charge in [0.15, 0.2) is 53.5 Å². The Bertz CT molecular complexity index is 1980. The summed E-state index contributed by atoms with van der Waals surface area (Å²) in [5.41, 5.74) is 0.902. The number of hydrogen-bond donors (Lipinski definition) is 3. The van der Waals surface area contributed by atoms with Crippen LogP contribution in [0.4, 0.5) is 17.5 Å². The van der Waals surface area contributed by atoms with Crippen LogP contribution in [-0.4, -0.2) is 107 Å². The third-order valence-electron chi connectivity index (χ3n) is 9.17. The standard InChI is InChI=1S/2C15H24N2O5.C13H18N2O4/c2*1-9(14(20-6)21-7)12(19-5)13(18)16-11-8-10(22-17-11)15(2,3)4;1-7-10(18-5)12(17)15(11(7)16)9-6-8(19-14-9)13(2,3)4/h2*8,14H,1-7H3,(H,16,17,18);6,11,16H,1-5H3/b12-9+;12-9-;. The van der Waals surface area contributed by atoms with Gasteiger partial charge in [0.05, 0.1) is 21.3 Å². The number of aliphatic hydroxyl groups excluding tert-OH is 1. The van der Waals surface area contributed by atoms with Crippen molar-refractivity contribution in [2.45, 2.75) is 118 Å². The minimum atomic E-state index is -1.07. The molecule has 1 atom stereocenters. The van der Waals surface area contributed by atoms with Crippen LogP contribution in [0.1, 0.15) is 100 Å². The van der Waals surface area contributed by atoms with Gasteiger partial charge in [-0.15, -0.1) is 0 Å². The lowest BCUT2D eigenvalue weighted by atomic mass is 9.93. The molecule has 20 nitrogen and oxygen atoms in total. The second-order valence-electron chi connectivity index (χ2n) is 17.2. The van der Waals surface area contributed by atoms with Crippen molar-refractivity contribution >= 4 is 35.2 Å². The molecule has 4 heterocycles. The molecule has 3 amide bonds. The number of carbonyl (C=O) groups excluding carboxylic acids is 3. The van der Waals surface area contributed by atoms with E-state index in [0.29, 0.717) is 45.6 Å². The van der Waals surface area contributed by atoms with Gasteiger partial charge >= 0.3 is 0 Å². The van der Waals surface area contributed by atoms with Gasteiger partial charge in [0.25, 0.3) is 17.7 Å². The maximum atomic E-state index is 12.3. The van der Waals surface area contributed by atoms with E-state index in [-0.39, 0.29) is 39.3 Å². The van der Waals surface area contributed by atoms with Gasteiger partial charge in [0, 0.05) is 79.6 Å². The first-order valence-corrected chi connectivity index (χ1v) is 19.7. The Balaban J connectivity index is 0.000000326. The first-order valence-electron chi connectivity index (χ1n) is 19.7. The Labute approximate surface area is 369 Å². The van der Waals surface area contributed by atoms with Gasteiger partial charge in [-0.25, -0.2) is 0 Å². The van der Waals surface area contributed by atoms with Crippen LogP contribution >= 0.6 is 0 Å². The molecule has 352 valence electrons. The number of aliphatic hydroxyl groups is 1. The molecule has 63 heavy (non-hydrogen) atoms. The van der Waals surface area contributed by atoms with E-state index >= 15 is 0 Å². The topological polar surface area (TPSA) is 241 Å². The van der Waals surface area contributed by atoms with E-state index in [2.05, 4.69) is 26.1 Å². The normalized spacial score (nSPS) is 15.3. The molecule has 0 aromatic carbocycles. The molecule has 0 spiro atoms. The highest BCUT2D eigenvalue weighted by Crippen LogP contribution is 2.33. The smallest absolute Gasteiger partial charge is 0.297 e. The number of ether oxygens (including phenoxy) is 7. The van der Waals surface area contributed by atoms with E-state index in [0.717, 1.165) is 4.90 Å². The lowest BCUT2D eigenvalue weighted by molar-refractivity contribution is -0.118. The zero-order valence-electron chi connectivity index (χ0n) is 40.0. The van der Waals surface area contributed by atoms with Gasteiger partial charge < -0.3 is 62.5 Å². The van der Waals surface area contributed by atoms with Crippen LogP contribution < -0.4 is 15.5 Å². The van der Waals surface area contributed by atoms with Gasteiger partial charge in [-0.2, -0.15) is 0 Å². The summed E-state index contributed by atoms with van der Waals surface area (Å²) >= 11 is 0. The van der Waals surface area contributed by atoms with Crippen molar-refractivity contribution in [2.24, 2.45) is 0 Å². The average molecular weight is 891 g/mol. The van der Waals surface area contributed by atoms with Crippen LogP contribution in [0.5, 0.6) is 0 Å². The quantitative estimate of drug-likeness (QED) is 0.0894. The summed E-state index contributed by atoms with van der Waals surface area (Å²) in [4.78, 5) is 37.9. The summed E-state index contributed by atoms with van der Waals surface area (Å²) < 4.78 is 51.5. The number of anilines is 3. The Hall–Kier alpha value is -5.54. The molecular formula is C43H66N6O14. The van der Waals surface area contributed by atoms with Crippen LogP contribution in [0.25, 0.3) is 0 Å². The number of carbonyl (C=O) groups is 3. The minimum absolute atomic E-state index is 0.106. The van der Waals surface area contributed by atoms with Crippen molar-refractivity contribution in [2.75, 3.05) is 65.3 Å². The van der Waals surface area contributed by atoms with E-state index in [1.807, 2.05) is 62.3 Å². The molecule has 0 fully saturated rings. The molecule has 20 heteroatoms. The second-order valence-corrected chi connectivity index (χ2v) is 17.2. The van der Waals surface area contributed by atoms with Crippen molar-refractivity contribution in [3.63, 3.8) is 0 Å². The predicted molar refractivity (Wildman–Crippen MR) is 231 cm³/mol. The van der Waals surface area contributed by atoms with Gasteiger partial charge in [0.1, 0.15) is 17.3 Å². The maximum absolute atomic E-state index is 12.3. The molecule has 3 aromatic heterocycles. The molecule has 0 saturated carbocycles. The van der Waals surface area contributed by atoms with Gasteiger partial charge in [-0.1, -0.05) is 77.8 Å². The van der Waals surface area contributed by atoms with Crippen molar-refractivity contribution < 1.29 is 66.2 Å². The zero-order chi connectivity index (χ0) is 48.2. The lowest BCUT2D eigenvalue weighted by Crippen LogP contribution is -2.35. The van der Waals surface area contributed by atoms with E-state index in [1.54, 1.807) is 39.0 Å². The SMILES string of the molecule is CO/C(C(=O)Nc1cc(C(C)(C)C)on1)=C(/C)C(OC)OC.CO/C(C(=O)Nc1cc(C(C)(C)C)on1)=C(\C)C(OC)OC.COC1=C(C)C(O)N(c2cc(C(C)(C)C)on2)C1=O. The summed E-state index contributed by atoms with van der Waals surface area (Å²) in [6.45, 7) is 22.9. The molecule has 0 aliphatic carbocycles. The predicted octanol–water partition coefficient (Wildman–Crippen LogP) is 6.46. The summed E-state index contributed by atoms with van der Waals surface area (Å²) in [5, 5.41) is 26.9. The highest BCUT2D eigenvalue weighted by atomic mass is 16.7. The number of rotatable bonds is 14. The van der Waals surface area contributed by atoms with E-state index < -0.39 is 36.5 Å². The molecule has 0 bridgehead atoms. The summed E-state index contributed by atoms with van der Waals surface area (Å²) in [5.74, 6) is 1.97. The number of nitrogens with one attached hydrogen (secondary N) is 2. The van der Waals surface area contributed by atoms with Crippen molar-refractivity contribution in [3.05, 3.63) is 69.5 Å². The summed E-state index contributed by atoms with van der Waals surface area (Å²) in [6, 6.07) is 5.03. The highest BCUT2D eigenvalue weighted by molar-refractivity contribution is 6.07. The average Bonchev–Trinajstić information content (AvgIpc) is 4.02. The van der Waals surface area contributed by atoms with Crippen LogP contribution in [0, 0.1) is 0 Å². The maximum Gasteiger partial charge on any atom is 0.297 e. The van der Waals surface area contributed by atoms with Crippen LogP contribution in [0.2, 0.25) is 0 Å². The van der Waals surface area contributed by atoms with Gasteiger partial charge in [-0.3, -0.25) is 19.3 Å². The Morgan fingerprint density at radius 2 is 1.00 bits per heavy atom. The van der Waals surface area contributed by atoms with Crippen LogP contribution in [0.15, 0.2) is 65.8 Å². The number of methoxy groups -OCH3 is 7. The molecule has 1 aliphatic rings. The van der Waals surface area contributed by atoms with Gasteiger partial charge in [0.2, 0.25) is 0 Å². The fourth-order valence-corrected chi connectivity index (χ4v) is 5.61. The fraction of sp³-hybridized carbons (Fsp3) is 0.581. The highest BCUT2D eigenvalue weighted by Gasteiger charge is 2.40. The minimum Gasteiger partial charge on any atom is -0.491 e. The fourth-order valence-electron chi connectivity index (χ4n) is 5.61. The summed E-state index contributed by atoms with van der Waals surface area (Å²) in [7, 11) is 10.1. The number of hydrogen-bond acceptors (Lipinski definition) is 17. The number of nitrogens with zero attached hydrogens (tertiary/aromatic N) is 4. The number of aromatic nitrogens is 3. The Morgan fingerprint density at radius 3 is 1.27 bits per heavy atom. The summed E-state index contributed by atoms with van der Waals surface area (Å²) in [6.07, 6.45) is -2.40. The third-order valence-corrected chi connectivity index (χ3v) is 9.17. The molecule has 3 aromatic rings. The van der Waals surface area contributed by atoms with Crippen LogP contribution in [-0.2, 0) is 63.8 Å². The third kappa shape index (κ3) is 14.0. The molecule has 0 saturated heterocycles. The van der Waals surface area contributed by atoms with Gasteiger partial charge in [-0.05, 0) is 20.8 Å².